The van der Waals surface area contributed by atoms with Crippen molar-refractivity contribution < 1.29 is 24.2 Å². The Morgan fingerprint density at radius 2 is 1.30 bits per heavy atom. The Morgan fingerprint density at radius 1 is 0.714 bits per heavy atom. The maximum Gasteiger partial charge on any atom is 0.338 e. The molecule has 0 spiro atoms. The number of aromatic nitrogens is 6. The Morgan fingerprint density at radius 3 is 1.91 bits per heavy atom. The fourth-order valence-corrected chi connectivity index (χ4v) is 7.33. The number of carbonyl (C=O) groups excluding carboxylic acids is 2. The Kier molecular flexibility index (Phi) is 8.98. The number of phenols is 1. The van der Waals surface area contributed by atoms with Crippen molar-refractivity contribution in [3.05, 3.63) is 138 Å². The summed E-state index contributed by atoms with van der Waals surface area (Å²) in [6.07, 6.45) is 8.86. The normalized spacial score (nSPS) is 13.3. The lowest BCUT2D eigenvalue weighted by atomic mass is 9.78. The van der Waals surface area contributed by atoms with Crippen molar-refractivity contribution in [3.8, 4) is 11.4 Å². The highest BCUT2D eigenvalue weighted by Crippen LogP contribution is 2.37. The monoisotopic (exact) mass is 752 g/mol. The van der Waals surface area contributed by atoms with Gasteiger partial charge in [-0.05, 0) is 78.9 Å². The molecule has 0 unspecified atom stereocenters. The largest absolute Gasteiger partial charge is 0.506 e. The summed E-state index contributed by atoms with van der Waals surface area (Å²) in [6, 6.07) is 27.0. The molecule has 0 bridgehead atoms. The highest BCUT2D eigenvalue weighted by Gasteiger charge is 2.31. The van der Waals surface area contributed by atoms with Gasteiger partial charge >= 0.3 is 11.9 Å². The molecular formula is C45H48N6O5. The molecule has 11 heteroatoms. The quantitative estimate of drug-likeness (QED) is 0.0831. The number of fused-ring (bicyclic) bond motifs is 8. The van der Waals surface area contributed by atoms with Gasteiger partial charge in [0, 0.05) is 10.8 Å². The van der Waals surface area contributed by atoms with Crippen LogP contribution in [0.2, 0.25) is 0 Å². The van der Waals surface area contributed by atoms with E-state index >= 15 is 0 Å². The Bertz CT molecular complexity index is 2770. The summed E-state index contributed by atoms with van der Waals surface area (Å²) in [7, 11) is 0. The molecule has 0 amide bonds. The summed E-state index contributed by atoms with van der Waals surface area (Å²) >= 11 is 0. The molecule has 56 heavy (non-hydrogen) atoms. The molecule has 4 heterocycles. The molecular weight excluding hydrogens is 705 g/mol. The molecule has 0 fully saturated rings. The van der Waals surface area contributed by atoms with Gasteiger partial charge < -0.3 is 14.6 Å². The van der Waals surface area contributed by atoms with Gasteiger partial charge in [-0.25, -0.2) is 9.59 Å². The average Bonchev–Trinajstić information content (AvgIpc) is 4.07. The predicted molar refractivity (Wildman–Crippen MR) is 219 cm³/mol. The van der Waals surface area contributed by atoms with Gasteiger partial charge in [-0.3, -0.25) is 0 Å². The van der Waals surface area contributed by atoms with Crippen molar-refractivity contribution >= 4 is 39.7 Å². The van der Waals surface area contributed by atoms with Crippen LogP contribution in [0.15, 0.2) is 115 Å². The van der Waals surface area contributed by atoms with E-state index in [1.165, 1.54) is 16.8 Å². The number of aromatic hydroxyl groups is 1. The molecule has 11 nitrogen and oxygen atoms in total. The summed E-state index contributed by atoms with van der Waals surface area (Å²) in [5, 5.41) is 10.9. The number of benzene rings is 4. The fraction of sp³-hybridized carbons (Fsp3) is 0.289. The molecule has 4 aromatic carbocycles. The summed E-state index contributed by atoms with van der Waals surface area (Å²) in [4.78, 5) is 30.4. The number of hydrogen-bond donors (Lipinski definition) is 1. The standard InChI is InChI=1S/C45H48N6O5/c1-8-14-30(9-2)17-21-35(10-3)46-47-36-22-18-31(25-38(36)49(46)47)42(53)55-28-44(4,5)29-56-43(54)32-19-23-37-39(26-32)50-48(37)51(50)40-27-34(20-24-41(40)52)45(6,7)33-15-12-11-13-16-33/h8,11-16,18-27,52H,1,9-10,17,28-29H2,2-7H3/b30-14+,35-21+. The first kappa shape index (κ1) is 36.6. The second-order valence-electron chi connectivity index (χ2n) is 15.8. The zero-order chi connectivity index (χ0) is 39.5. The molecule has 8 aromatic rings. The number of ether oxygens (including phenoxy) is 2. The van der Waals surface area contributed by atoms with E-state index in [4.69, 9.17) is 9.47 Å². The molecule has 0 aliphatic rings. The molecule has 0 aliphatic heterocycles. The van der Waals surface area contributed by atoms with Crippen molar-refractivity contribution in [3.63, 3.8) is 0 Å². The number of phenolic OH excluding ortho intramolecular Hbond substituents is 1. The van der Waals surface area contributed by atoms with Crippen molar-refractivity contribution in [2.75, 3.05) is 13.2 Å². The minimum Gasteiger partial charge on any atom is -0.506 e. The third kappa shape index (κ3) is 6.26. The first-order valence-corrected chi connectivity index (χ1v) is 19.2. The van der Waals surface area contributed by atoms with E-state index in [1.807, 2.05) is 82.5 Å². The van der Waals surface area contributed by atoms with Gasteiger partial charge in [0.15, 0.2) is 0 Å². The molecule has 0 aliphatic carbocycles. The molecule has 4 aromatic heterocycles. The number of rotatable bonds is 15. The SMILES string of the molecule is C=C/C=C(\CC)C/C=C(\CC)n1n2c3ccc(C(=O)OCC(C)(C)COC(=O)c4ccc5c(c4)n4n(-c6cc(C(C)(C)c7ccccc7)ccc6O)n54)cc3n12. The second kappa shape index (κ2) is 13.7. The molecule has 1 N–H and O–H groups in total. The van der Waals surface area contributed by atoms with Gasteiger partial charge in [-0.1, -0.05) is 108 Å². The topological polar surface area (TPSA) is 100 Å². The van der Waals surface area contributed by atoms with Crippen LogP contribution in [0.4, 0.5) is 0 Å². The van der Waals surface area contributed by atoms with E-state index in [0.717, 1.165) is 46.9 Å². The lowest BCUT2D eigenvalue weighted by molar-refractivity contribution is 0.00617. The number of nitrogens with zero attached hydrogens (tertiary/aromatic N) is 6. The smallest absolute Gasteiger partial charge is 0.338 e. The van der Waals surface area contributed by atoms with Crippen molar-refractivity contribution in [1.29, 1.82) is 0 Å². The summed E-state index contributed by atoms with van der Waals surface area (Å²) < 4.78 is 19.5. The van der Waals surface area contributed by atoms with Crippen LogP contribution in [0.5, 0.6) is 5.75 Å². The van der Waals surface area contributed by atoms with Crippen molar-refractivity contribution in [2.24, 2.45) is 5.41 Å². The third-order valence-corrected chi connectivity index (χ3v) is 10.9. The van der Waals surface area contributed by atoms with E-state index < -0.39 is 17.4 Å². The van der Waals surface area contributed by atoms with Crippen LogP contribution in [0, 0.1) is 5.41 Å². The first-order valence-electron chi connectivity index (χ1n) is 19.2. The maximum atomic E-state index is 13.2. The summed E-state index contributed by atoms with van der Waals surface area (Å²) in [5.41, 5.74) is 9.12. The van der Waals surface area contributed by atoms with E-state index in [9.17, 15) is 14.7 Å². The summed E-state index contributed by atoms with van der Waals surface area (Å²) in [6.45, 7) is 16.4. The van der Waals surface area contributed by atoms with Crippen molar-refractivity contribution in [2.45, 2.75) is 66.2 Å². The van der Waals surface area contributed by atoms with E-state index in [-0.39, 0.29) is 24.4 Å². The lowest BCUT2D eigenvalue weighted by Crippen LogP contribution is -2.28. The van der Waals surface area contributed by atoms with Crippen LogP contribution in [0.25, 0.3) is 33.5 Å². The maximum absolute atomic E-state index is 13.2. The zero-order valence-corrected chi connectivity index (χ0v) is 32.8. The van der Waals surface area contributed by atoms with Crippen molar-refractivity contribution in [1.82, 2.24) is 28.1 Å². The molecule has 0 saturated carbocycles. The highest BCUT2D eigenvalue weighted by atomic mass is 16.5. The second-order valence-corrected chi connectivity index (χ2v) is 15.8. The fourth-order valence-electron chi connectivity index (χ4n) is 7.33. The first-order chi connectivity index (χ1) is 26.9. The predicted octanol–water partition coefficient (Wildman–Crippen LogP) is 9.40. The summed E-state index contributed by atoms with van der Waals surface area (Å²) in [5.74, 6) is -0.734. The lowest BCUT2D eigenvalue weighted by Gasteiger charge is -2.26. The van der Waals surface area contributed by atoms with Gasteiger partial charge in [0.2, 0.25) is 0 Å². The number of carbonyl (C=O) groups is 2. The van der Waals surface area contributed by atoms with E-state index in [2.05, 4.69) is 72.6 Å². The average molecular weight is 753 g/mol. The van der Waals surface area contributed by atoms with Crippen LogP contribution < -0.4 is 0 Å². The Labute approximate surface area is 325 Å². The van der Waals surface area contributed by atoms with Crippen LogP contribution >= 0.6 is 0 Å². The van der Waals surface area contributed by atoms with Crippen LogP contribution in [0.1, 0.15) is 92.6 Å². The molecule has 8 rings (SSSR count). The minimum atomic E-state index is -0.625. The van der Waals surface area contributed by atoms with Crippen LogP contribution in [-0.2, 0) is 14.9 Å². The molecule has 0 saturated heterocycles. The van der Waals surface area contributed by atoms with Gasteiger partial charge in [-0.2, -0.15) is 4.80 Å². The van der Waals surface area contributed by atoms with Gasteiger partial charge in [-0.15, -0.1) is 23.3 Å². The number of allylic oxidation sites excluding steroid dienone is 5. The Hall–Kier alpha value is -6.36. The van der Waals surface area contributed by atoms with Gasteiger partial charge in [0.1, 0.15) is 33.5 Å². The molecule has 0 atom stereocenters. The molecule has 0 radical (unpaired) electrons. The van der Waals surface area contributed by atoms with Crippen LogP contribution in [0.3, 0.4) is 0 Å². The zero-order valence-electron chi connectivity index (χ0n) is 32.8. The Balaban J connectivity index is 0.894. The molecule has 288 valence electrons. The van der Waals surface area contributed by atoms with Gasteiger partial charge in [0.25, 0.3) is 0 Å². The minimum absolute atomic E-state index is 0.0613. The van der Waals surface area contributed by atoms with Crippen LogP contribution in [-0.4, -0.2) is 58.4 Å². The van der Waals surface area contributed by atoms with E-state index in [0.29, 0.717) is 16.8 Å². The van der Waals surface area contributed by atoms with E-state index in [1.54, 1.807) is 24.3 Å². The third-order valence-electron chi connectivity index (χ3n) is 10.9. The number of hydrogen-bond acceptors (Lipinski definition) is 5. The highest BCUT2D eigenvalue weighted by molar-refractivity contribution is 5.95. The van der Waals surface area contributed by atoms with Gasteiger partial charge in [0.05, 0.1) is 30.0 Å². The number of esters is 2.